The molecule has 0 spiro atoms. The molecule has 0 radical (unpaired) electrons. The molecule has 0 atom stereocenters. The van der Waals surface area contributed by atoms with Crippen molar-refractivity contribution >= 4 is 11.8 Å². The number of ether oxygens (including phenoxy) is 2. The van der Waals surface area contributed by atoms with Crippen LogP contribution in [0.4, 0.5) is 0 Å². The van der Waals surface area contributed by atoms with Crippen molar-refractivity contribution in [2.75, 3.05) is 20.8 Å². The number of nitrogens with one attached hydrogen (secondary N) is 1. The van der Waals surface area contributed by atoms with E-state index in [1.807, 2.05) is 26.0 Å². The number of nitrogens with zero attached hydrogens (tertiary/aromatic N) is 1. The number of benzene rings is 1. The van der Waals surface area contributed by atoms with Crippen molar-refractivity contribution in [3.05, 3.63) is 23.3 Å². The second-order valence-corrected chi connectivity index (χ2v) is 7.16. The molecule has 1 saturated carbocycles. The summed E-state index contributed by atoms with van der Waals surface area (Å²) in [5.74, 6) is 1.18. The highest BCUT2D eigenvalue weighted by Crippen LogP contribution is 2.48. The van der Waals surface area contributed by atoms with Crippen LogP contribution in [0.5, 0.6) is 11.5 Å². The molecule has 3 rings (SSSR count). The number of hydrogen-bond acceptors (Lipinski definition) is 4. The average molecular weight is 346 g/mol. The first-order chi connectivity index (χ1) is 11.9. The van der Waals surface area contributed by atoms with Gasteiger partial charge in [-0.3, -0.25) is 9.59 Å². The van der Waals surface area contributed by atoms with E-state index in [4.69, 9.17) is 9.47 Å². The summed E-state index contributed by atoms with van der Waals surface area (Å²) >= 11 is 0. The third-order valence-corrected chi connectivity index (χ3v) is 5.02. The number of carbonyl (C=O) groups is 2. The van der Waals surface area contributed by atoms with Gasteiger partial charge in [0.05, 0.1) is 14.2 Å². The first-order valence-electron chi connectivity index (χ1n) is 8.75. The van der Waals surface area contributed by atoms with Gasteiger partial charge in [0.25, 0.3) is 0 Å². The molecular weight excluding hydrogens is 320 g/mol. The number of carbonyl (C=O) groups excluding carboxylic acids is 2. The van der Waals surface area contributed by atoms with Gasteiger partial charge >= 0.3 is 0 Å². The zero-order valence-electron chi connectivity index (χ0n) is 15.3. The second-order valence-electron chi connectivity index (χ2n) is 7.16. The van der Waals surface area contributed by atoms with Crippen molar-refractivity contribution in [2.45, 2.75) is 45.7 Å². The fourth-order valence-corrected chi connectivity index (χ4v) is 3.42. The Kier molecular flexibility index (Phi) is 4.62. The van der Waals surface area contributed by atoms with Gasteiger partial charge in [0.1, 0.15) is 5.41 Å². The summed E-state index contributed by atoms with van der Waals surface area (Å²) < 4.78 is 10.7. The van der Waals surface area contributed by atoms with Gasteiger partial charge in [-0.2, -0.15) is 0 Å². The van der Waals surface area contributed by atoms with Crippen LogP contribution in [0.25, 0.3) is 0 Å². The van der Waals surface area contributed by atoms with E-state index in [-0.39, 0.29) is 17.9 Å². The zero-order chi connectivity index (χ0) is 18.2. The topological polar surface area (TPSA) is 67.9 Å². The molecule has 6 heteroatoms. The van der Waals surface area contributed by atoms with Crippen LogP contribution < -0.4 is 14.8 Å². The maximum Gasteiger partial charge on any atom is 0.238 e. The largest absolute Gasteiger partial charge is 0.493 e. The van der Waals surface area contributed by atoms with Crippen molar-refractivity contribution in [1.82, 2.24) is 10.2 Å². The standard InChI is InChI=1S/C19H26N2O4/c1-12(2)20-17(22)19(6-7-19)18(23)21-8-5-13-9-15(24-3)16(25-4)10-14(13)11-21/h9-10,12H,5-8,11H2,1-4H3,(H,20,22). The van der Waals surface area contributed by atoms with Crippen LogP contribution in [0.1, 0.15) is 37.8 Å². The predicted octanol–water partition coefficient (Wildman–Crippen LogP) is 1.89. The van der Waals surface area contributed by atoms with Gasteiger partial charge < -0.3 is 19.7 Å². The lowest BCUT2D eigenvalue weighted by Gasteiger charge is -2.32. The summed E-state index contributed by atoms with van der Waals surface area (Å²) in [6.45, 7) is 4.95. The average Bonchev–Trinajstić information content (AvgIpc) is 3.40. The second kappa shape index (κ2) is 6.58. The molecule has 25 heavy (non-hydrogen) atoms. The van der Waals surface area contributed by atoms with Crippen LogP contribution in [-0.4, -0.2) is 43.5 Å². The number of rotatable bonds is 5. The van der Waals surface area contributed by atoms with E-state index in [2.05, 4.69) is 5.32 Å². The van der Waals surface area contributed by atoms with Crippen molar-refractivity contribution in [1.29, 1.82) is 0 Å². The molecule has 2 aliphatic rings. The Labute approximate surface area is 148 Å². The lowest BCUT2D eigenvalue weighted by atomic mass is 9.96. The maximum absolute atomic E-state index is 13.0. The lowest BCUT2D eigenvalue weighted by Crippen LogP contribution is -2.48. The van der Waals surface area contributed by atoms with Gasteiger partial charge in [-0.25, -0.2) is 0 Å². The van der Waals surface area contributed by atoms with Crippen molar-refractivity contribution in [3.8, 4) is 11.5 Å². The number of fused-ring (bicyclic) bond motifs is 1. The molecule has 1 aliphatic heterocycles. The molecule has 136 valence electrons. The Morgan fingerprint density at radius 2 is 1.72 bits per heavy atom. The van der Waals surface area contributed by atoms with Gasteiger partial charge in [0, 0.05) is 19.1 Å². The van der Waals surface area contributed by atoms with E-state index in [0.29, 0.717) is 37.4 Å². The SMILES string of the molecule is COc1cc2c(cc1OC)CN(C(=O)C1(C(=O)NC(C)C)CC1)CC2. The maximum atomic E-state index is 13.0. The van der Waals surface area contributed by atoms with Crippen LogP contribution in [0.15, 0.2) is 12.1 Å². The minimum atomic E-state index is -0.849. The summed E-state index contributed by atoms with van der Waals surface area (Å²) in [6.07, 6.45) is 2.03. The predicted molar refractivity (Wildman–Crippen MR) is 93.6 cm³/mol. The van der Waals surface area contributed by atoms with E-state index >= 15 is 0 Å². The number of hydrogen-bond donors (Lipinski definition) is 1. The van der Waals surface area contributed by atoms with Crippen LogP contribution in [0.2, 0.25) is 0 Å². The first-order valence-corrected chi connectivity index (χ1v) is 8.75. The molecule has 1 heterocycles. The Hall–Kier alpha value is -2.24. The summed E-state index contributed by atoms with van der Waals surface area (Å²) in [7, 11) is 3.22. The van der Waals surface area contributed by atoms with E-state index in [1.54, 1.807) is 19.1 Å². The van der Waals surface area contributed by atoms with Gasteiger partial charge in [0.15, 0.2) is 11.5 Å². The smallest absolute Gasteiger partial charge is 0.238 e. The summed E-state index contributed by atoms with van der Waals surface area (Å²) in [5, 5.41) is 2.90. The van der Waals surface area contributed by atoms with Crippen LogP contribution >= 0.6 is 0 Å². The van der Waals surface area contributed by atoms with Crippen LogP contribution in [0, 0.1) is 5.41 Å². The molecule has 2 amide bonds. The Bertz CT molecular complexity index is 695. The molecule has 1 fully saturated rings. The minimum absolute atomic E-state index is 0.0385. The number of amides is 2. The molecule has 0 bridgehead atoms. The third kappa shape index (κ3) is 3.17. The highest BCUT2D eigenvalue weighted by molar-refractivity contribution is 6.08. The molecule has 1 N–H and O–H groups in total. The summed E-state index contributed by atoms with van der Waals surface area (Å²) in [6, 6.07) is 3.95. The molecule has 0 unspecified atom stereocenters. The van der Waals surface area contributed by atoms with Gasteiger partial charge in [-0.1, -0.05) is 0 Å². The quantitative estimate of drug-likeness (QED) is 0.827. The summed E-state index contributed by atoms with van der Waals surface area (Å²) in [4.78, 5) is 27.3. The lowest BCUT2D eigenvalue weighted by molar-refractivity contribution is -0.145. The van der Waals surface area contributed by atoms with E-state index in [0.717, 1.165) is 17.5 Å². The monoisotopic (exact) mass is 346 g/mol. The normalized spacial score (nSPS) is 17.7. The van der Waals surface area contributed by atoms with Crippen molar-refractivity contribution in [2.24, 2.45) is 5.41 Å². The molecular formula is C19H26N2O4. The zero-order valence-corrected chi connectivity index (χ0v) is 15.3. The molecule has 1 aliphatic carbocycles. The molecule has 0 saturated heterocycles. The molecule has 0 aromatic heterocycles. The molecule has 1 aromatic carbocycles. The fourth-order valence-electron chi connectivity index (χ4n) is 3.42. The highest BCUT2D eigenvalue weighted by atomic mass is 16.5. The minimum Gasteiger partial charge on any atom is -0.493 e. The van der Waals surface area contributed by atoms with Crippen LogP contribution in [-0.2, 0) is 22.6 Å². The Morgan fingerprint density at radius 1 is 1.12 bits per heavy atom. The number of methoxy groups -OCH3 is 2. The van der Waals surface area contributed by atoms with Gasteiger partial charge in [0.2, 0.25) is 11.8 Å². The first kappa shape index (κ1) is 17.6. The van der Waals surface area contributed by atoms with E-state index < -0.39 is 5.41 Å². The molecule has 1 aromatic rings. The van der Waals surface area contributed by atoms with Gasteiger partial charge in [-0.05, 0) is 56.4 Å². The third-order valence-electron chi connectivity index (χ3n) is 5.02. The van der Waals surface area contributed by atoms with E-state index in [9.17, 15) is 9.59 Å². The van der Waals surface area contributed by atoms with Crippen molar-refractivity contribution in [3.63, 3.8) is 0 Å². The fraction of sp³-hybridized carbons (Fsp3) is 0.579. The Balaban J connectivity index is 1.78. The summed E-state index contributed by atoms with van der Waals surface area (Å²) in [5.41, 5.74) is 1.37. The Morgan fingerprint density at radius 3 is 2.24 bits per heavy atom. The van der Waals surface area contributed by atoms with Crippen molar-refractivity contribution < 1.29 is 19.1 Å². The van der Waals surface area contributed by atoms with E-state index in [1.165, 1.54) is 0 Å². The van der Waals surface area contributed by atoms with Gasteiger partial charge in [-0.15, -0.1) is 0 Å². The highest BCUT2D eigenvalue weighted by Gasteiger charge is 2.58. The molecule has 6 nitrogen and oxygen atoms in total. The van der Waals surface area contributed by atoms with Crippen LogP contribution in [0.3, 0.4) is 0 Å².